The summed E-state index contributed by atoms with van der Waals surface area (Å²) in [6.07, 6.45) is 1.71. The van der Waals surface area contributed by atoms with E-state index in [9.17, 15) is 0 Å². The number of nitrogens with zero attached hydrogens (tertiary/aromatic N) is 1. The van der Waals surface area contributed by atoms with Crippen LogP contribution in [0.2, 0.25) is 5.02 Å². The van der Waals surface area contributed by atoms with Gasteiger partial charge in [-0.05, 0) is 12.1 Å². The molecule has 0 saturated heterocycles. The monoisotopic (exact) mass is 214 g/mol. The number of benzene rings is 1. The van der Waals surface area contributed by atoms with Gasteiger partial charge in [-0.1, -0.05) is 29.8 Å². The van der Waals surface area contributed by atoms with Crippen molar-refractivity contribution in [3.63, 3.8) is 0 Å². The van der Waals surface area contributed by atoms with Crippen molar-refractivity contribution in [3.05, 3.63) is 41.6 Å². The Morgan fingerprint density at radius 1 is 1.15 bits per heavy atom. The summed E-state index contributed by atoms with van der Waals surface area (Å²) in [5.74, 6) is 0. The standard InChI is InChI=1S/C9H7ClN2.ClH/c10-8-4-2-1-3-7(8)9-5-6-11-12-9;/h1-6H,(H,11,12);1H. The molecule has 0 amide bonds. The van der Waals surface area contributed by atoms with Crippen LogP contribution >= 0.6 is 24.0 Å². The molecule has 0 bridgehead atoms. The largest absolute Gasteiger partial charge is 0.278 e. The van der Waals surface area contributed by atoms with Gasteiger partial charge in [0.25, 0.3) is 0 Å². The third-order valence-corrected chi connectivity index (χ3v) is 1.99. The first kappa shape index (κ1) is 10.1. The molecule has 0 unspecified atom stereocenters. The van der Waals surface area contributed by atoms with E-state index in [1.165, 1.54) is 0 Å². The normalized spacial score (nSPS) is 9.31. The Labute approximate surface area is 87.3 Å². The number of H-pyrrole nitrogens is 1. The predicted octanol–water partition coefficient (Wildman–Crippen LogP) is 3.15. The van der Waals surface area contributed by atoms with E-state index in [0.29, 0.717) is 0 Å². The van der Waals surface area contributed by atoms with E-state index in [4.69, 9.17) is 11.6 Å². The van der Waals surface area contributed by atoms with Gasteiger partial charge in [0.1, 0.15) is 0 Å². The molecule has 2 rings (SSSR count). The Balaban J connectivity index is 0.000000845. The summed E-state index contributed by atoms with van der Waals surface area (Å²) >= 11 is 5.97. The molecular formula is C9H8Cl2N2. The Morgan fingerprint density at radius 3 is 2.54 bits per heavy atom. The van der Waals surface area contributed by atoms with Crippen molar-refractivity contribution in [1.82, 2.24) is 10.2 Å². The topological polar surface area (TPSA) is 28.7 Å². The highest BCUT2D eigenvalue weighted by molar-refractivity contribution is 6.33. The smallest absolute Gasteiger partial charge is 0.0665 e. The van der Waals surface area contributed by atoms with Crippen LogP contribution in [-0.2, 0) is 0 Å². The lowest BCUT2D eigenvalue weighted by Gasteiger charge is -1.98. The Bertz CT molecular complexity index is 371. The average Bonchev–Trinajstić information content (AvgIpc) is 2.57. The first-order chi connectivity index (χ1) is 5.88. The minimum atomic E-state index is 0. The van der Waals surface area contributed by atoms with E-state index >= 15 is 0 Å². The Kier molecular flexibility index (Phi) is 3.34. The predicted molar refractivity (Wildman–Crippen MR) is 56.3 cm³/mol. The van der Waals surface area contributed by atoms with Crippen molar-refractivity contribution in [1.29, 1.82) is 0 Å². The lowest BCUT2D eigenvalue weighted by molar-refractivity contribution is 1.10. The van der Waals surface area contributed by atoms with Crippen LogP contribution in [0.1, 0.15) is 0 Å². The van der Waals surface area contributed by atoms with E-state index in [2.05, 4.69) is 10.2 Å². The minimum Gasteiger partial charge on any atom is -0.278 e. The summed E-state index contributed by atoms with van der Waals surface area (Å²) in [6, 6.07) is 9.55. The first-order valence-electron chi connectivity index (χ1n) is 3.62. The van der Waals surface area contributed by atoms with Gasteiger partial charge in [-0.15, -0.1) is 12.4 Å². The van der Waals surface area contributed by atoms with Crippen molar-refractivity contribution in [2.45, 2.75) is 0 Å². The molecular weight excluding hydrogens is 207 g/mol. The summed E-state index contributed by atoms with van der Waals surface area (Å²) < 4.78 is 0. The fourth-order valence-corrected chi connectivity index (χ4v) is 1.32. The van der Waals surface area contributed by atoms with Crippen molar-refractivity contribution in [2.24, 2.45) is 0 Å². The molecule has 0 saturated carbocycles. The molecule has 68 valence electrons. The summed E-state index contributed by atoms with van der Waals surface area (Å²) in [7, 11) is 0. The van der Waals surface area contributed by atoms with E-state index in [0.717, 1.165) is 16.3 Å². The molecule has 0 fully saturated rings. The van der Waals surface area contributed by atoms with Crippen molar-refractivity contribution >= 4 is 24.0 Å². The molecule has 0 radical (unpaired) electrons. The molecule has 2 nitrogen and oxygen atoms in total. The summed E-state index contributed by atoms with van der Waals surface area (Å²) in [5.41, 5.74) is 1.93. The van der Waals surface area contributed by atoms with Gasteiger partial charge in [-0.3, -0.25) is 5.10 Å². The maximum Gasteiger partial charge on any atom is 0.0665 e. The number of aromatic nitrogens is 2. The fraction of sp³-hybridized carbons (Fsp3) is 0. The maximum atomic E-state index is 5.97. The third kappa shape index (κ3) is 2.02. The molecule has 0 spiro atoms. The maximum absolute atomic E-state index is 5.97. The number of rotatable bonds is 1. The molecule has 4 heteroatoms. The van der Waals surface area contributed by atoms with Gasteiger partial charge in [-0.2, -0.15) is 5.10 Å². The quantitative estimate of drug-likeness (QED) is 0.777. The van der Waals surface area contributed by atoms with Gasteiger partial charge in [0.15, 0.2) is 0 Å². The number of halogens is 2. The van der Waals surface area contributed by atoms with Gasteiger partial charge < -0.3 is 0 Å². The van der Waals surface area contributed by atoms with E-state index < -0.39 is 0 Å². The second kappa shape index (κ2) is 4.30. The van der Waals surface area contributed by atoms with Crippen LogP contribution in [0.3, 0.4) is 0 Å². The lowest BCUT2D eigenvalue weighted by Crippen LogP contribution is -1.78. The van der Waals surface area contributed by atoms with Crippen molar-refractivity contribution < 1.29 is 0 Å². The molecule has 2 aromatic rings. The zero-order valence-electron chi connectivity index (χ0n) is 6.70. The highest BCUT2D eigenvalue weighted by Gasteiger charge is 2.01. The van der Waals surface area contributed by atoms with Gasteiger partial charge in [0, 0.05) is 16.8 Å². The van der Waals surface area contributed by atoms with Gasteiger partial charge in [0.05, 0.1) is 5.69 Å². The van der Waals surface area contributed by atoms with E-state index in [1.54, 1.807) is 6.20 Å². The van der Waals surface area contributed by atoms with Crippen LogP contribution in [0.5, 0.6) is 0 Å². The van der Waals surface area contributed by atoms with Crippen LogP contribution < -0.4 is 0 Å². The van der Waals surface area contributed by atoms with Gasteiger partial charge in [-0.25, -0.2) is 0 Å². The van der Waals surface area contributed by atoms with Crippen LogP contribution in [0.15, 0.2) is 36.5 Å². The molecule has 1 heterocycles. The molecule has 0 aliphatic carbocycles. The second-order valence-electron chi connectivity index (χ2n) is 2.45. The van der Waals surface area contributed by atoms with Gasteiger partial charge in [0.2, 0.25) is 0 Å². The van der Waals surface area contributed by atoms with E-state index in [-0.39, 0.29) is 12.4 Å². The summed E-state index contributed by atoms with van der Waals surface area (Å²) in [6.45, 7) is 0. The number of nitrogens with one attached hydrogen (secondary N) is 1. The Hall–Kier alpha value is -0.990. The minimum absolute atomic E-state index is 0. The average molecular weight is 215 g/mol. The van der Waals surface area contributed by atoms with Crippen LogP contribution in [0.25, 0.3) is 11.3 Å². The fourth-order valence-electron chi connectivity index (χ4n) is 1.09. The molecule has 1 aromatic heterocycles. The molecule has 1 aromatic carbocycles. The zero-order chi connectivity index (χ0) is 8.39. The zero-order valence-corrected chi connectivity index (χ0v) is 8.27. The number of hydrogen-bond acceptors (Lipinski definition) is 1. The van der Waals surface area contributed by atoms with Crippen molar-refractivity contribution in [3.8, 4) is 11.3 Å². The first-order valence-corrected chi connectivity index (χ1v) is 4.00. The molecule has 0 atom stereocenters. The summed E-state index contributed by atoms with van der Waals surface area (Å²) in [5, 5.41) is 7.45. The molecule has 0 aliphatic heterocycles. The molecule has 13 heavy (non-hydrogen) atoms. The highest BCUT2D eigenvalue weighted by Crippen LogP contribution is 2.24. The Morgan fingerprint density at radius 2 is 1.92 bits per heavy atom. The van der Waals surface area contributed by atoms with Gasteiger partial charge >= 0.3 is 0 Å². The van der Waals surface area contributed by atoms with Crippen LogP contribution in [-0.4, -0.2) is 10.2 Å². The molecule has 1 N–H and O–H groups in total. The SMILES string of the molecule is Cl.Clc1ccccc1-c1ccn[nH]1. The van der Waals surface area contributed by atoms with E-state index in [1.807, 2.05) is 30.3 Å². The number of hydrogen-bond donors (Lipinski definition) is 1. The van der Waals surface area contributed by atoms with Crippen LogP contribution in [0.4, 0.5) is 0 Å². The molecule has 0 aliphatic rings. The second-order valence-corrected chi connectivity index (χ2v) is 2.86. The lowest BCUT2D eigenvalue weighted by atomic mass is 10.2. The third-order valence-electron chi connectivity index (χ3n) is 1.66. The summed E-state index contributed by atoms with van der Waals surface area (Å²) in [4.78, 5) is 0. The van der Waals surface area contributed by atoms with Crippen LogP contribution in [0, 0.1) is 0 Å². The van der Waals surface area contributed by atoms with Crippen molar-refractivity contribution in [2.75, 3.05) is 0 Å². The number of aromatic amines is 1. The highest BCUT2D eigenvalue weighted by atomic mass is 35.5.